The molecule has 1 saturated heterocycles. The van der Waals surface area contributed by atoms with E-state index in [0.717, 1.165) is 16.9 Å². The predicted octanol–water partition coefficient (Wildman–Crippen LogP) is 5.35. The number of sulfonamides is 1. The highest BCUT2D eigenvalue weighted by Gasteiger charge is 2.33. The molecule has 0 unspecified atom stereocenters. The molecule has 13 heteroatoms. The van der Waals surface area contributed by atoms with E-state index in [1.54, 1.807) is 23.1 Å². The Morgan fingerprint density at radius 3 is 2.54 bits per heavy atom. The lowest BCUT2D eigenvalue weighted by Crippen LogP contribution is -2.38. The third kappa shape index (κ3) is 5.33. The van der Waals surface area contributed by atoms with E-state index in [2.05, 4.69) is 15.4 Å². The Morgan fingerprint density at radius 2 is 1.80 bits per heavy atom. The zero-order chi connectivity index (χ0) is 28.7. The summed E-state index contributed by atoms with van der Waals surface area (Å²) in [6, 6.07) is 15.8. The highest BCUT2D eigenvalue weighted by atomic mass is 35.5. The van der Waals surface area contributed by atoms with Gasteiger partial charge in [0.1, 0.15) is 16.3 Å². The molecule has 0 spiro atoms. The maximum Gasteiger partial charge on any atom is 0.262 e. The second kappa shape index (κ2) is 10.9. The number of benzene rings is 2. The highest BCUT2D eigenvalue weighted by Crippen LogP contribution is 2.34. The number of nitrogens with one attached hydrogen (secondary N) is 1. The van der Waals surface area contributed by atoms with Crippen LogP contribution in [0.5, 0.6) is 0 Å². The average Bonchev–Trinajstić information content (AvgIpc) is 3.58. The molecular weight excluding hydrogens is 585 g/mol. The summed E-state index contributed by atoms with van der Waals surface area (Å²) in [5, 5.41) is 12.5. The van der Waals surface area contributed by atoms with Gasteiger partial charge >= 0.3 is 0 Å². The number of amides is 1. The van der Waals surface area contributed by atoms with Crippen LogP contribution in [0.15, 0.2) is 78.1 Å². The van der Waals surface area contributed by atoms with Crippen molar-refractivity contribution >= 4 is 50.6 Å². The highest BCUT2D eigenvalue weighted by molar-refractivity contribution is 7.89. The predicted molar refractivity (Wildman–Crippen MR) is 156 cm³/mol. The summed E-state index contributed by atoms with van der Waals surface area (Å²) in [5.41, 5.74) is 3.43. The topological polar surface area (TPSA) is 114 Å². The summed E-state index contributed by atoms with van der Waals surface area (Å²) in [6.07, 6.45) is 5.92. The van der Waals surface area contributed by atoms with Crippen LogP contribution in [0, 0.1) is 6.92 Å². The maximum absolute atomic E-state index is 13.3. The Hall–Kier alpha value is -3.77. The van der Waals surface area contributed by atoms with E-state index < -0.39 is 10.0 Å². The first-order valence-corrected chi connectivity index (χ1v) is 15.1. The number of rotatable bonds is 6. The van der Waals surface area contributed by atoms with Crippen LogP contribution >= 0.6 is 23.2 Å². The van der Waals surface area contributed by atoms with Gasteiger partial charge in [-0.15, -0.1) is 0 Å². The summed E-state index contributed by atoms with van der Waals surface area (Å²) in [5.74, 6) is 0.120. The quantitative estimate of drug-likeness (QED) is 0.277. The number of carbonyl (C=O) groups is 1. The average molecular weight is 611 g/mol. The van der Waals surface area contributed by atoms with Gasteiger partial charge in [0.05, 0.1) is 22.6 Å². The van der Waals surface area contributed by atoms with Gasteiger partial charge in [0.25, 0.3) is 5.91 Å². The van der Waals surface area contributed by atoms with Crippen molar-refractivity contribution in [2.24, 2.45) is 0 Å². The summed E-state index contributed by atoms with van der Waals surface area (Å²) < 4.78 is 31.2. The molecule has 10 nitrogen and oxygen atoms in total. The Morgan fingerprint density at radius 1 is 1.05 bits per heavy atom. The fourth-order valence-corrected chi connectivity index (χ4v) is 7.17. The Balaban J connectivity index is 1.26. The summed E-state index contributed by atoms with van der Waals surface area (Å²) in [4.78, 5) is 17.6. The van der Waals surface area contributed by atoms with Gasteiger partial charge in [0, 0.05) is 42.5 Å². The molecule has 1 N–H and O–H groups in total. The van der Waals surface area contributed by atoms with Crippen molar-refractivity contribution in [1.82, 2.24) is 28.7 Å². The minimum atomic E-state index is -3.78. The molecule has 1 fully saturated rings. The molecular formula is C28H25Cl2N7O3S. The number of halogens is 2. The van der Waals surface area contributed by atoms with Gasteiger partial charge in [-0.1, -0.05) is 40.9 Å². The van der Waals surface area contributed by atoms with Crippen LogP contribution in [0.3, 0.4) is 0 Å². The van der Waals surface area contributed by atoms with Crippen LogP contribution in [-0.2, 0) is 10.0 Å². The van der Waals surface area contributed by atoms with Gasteiger partial charge in [-0.25, -0.2) is 22.6 Å². The van der Waals surface area contributed by atoms with E-state index in [9.17, 15) is 13.2 Å². The first kappa shape index (κ1) is 27.4. The molecule has 0 aliphatic carbocycles. The van der Waals surface area contributed by atoms with Crippen LogP contribution in [0.1, 0.15) is 40.4 Å². The van der Waals surface area contributed by atoms with Crippen molar-refractivity contribution in [2.75, 3.05) is 18.4 Å². The molecule has 0 bridgehead atoms. The van der Waals surface area contributed by atoms with Gasteiger partial charge in [-0.2, -0.15) is 14.5 Å². The molecule has 210 valence electrons. The van der Waals surface area contributed by atoms with Crippen molar-refractivity contribution in [2.45, 2.75) is 30.6 Å². The van der Waals surface area contributed by atoms with Crippen LogP contribution in [0.2, 0.25) is 10.0 Å². The Labute approximate surface area is 246 Å². The van der Waals surface area contributed by atoms with E-state index in [-0.39, 0.29) is 21.7 Å². The number of aromatic nitrogens is 5. The molecule has 0 atom stereocenters. The molecule has 2 aromatic carbocycles. The lowest BCUT2D eigenvalue weighted by Gasteiger charge is -2.30. The number of nitrogens with zero attached hydrogens (tertiary/aromatic N) is 6. The summed E-state index contributed by atoms with van der Waals surface area (Å²) in [6.45, 7) is 2.61. The zero-order valence-electron chi connectivity index (χ0n) is 21.9. The fourth-order valence-electron chi connectivity index (χ4n) is 4.96. The fraction of sp³-hybridized carbons (Fsp3) is 0.214. The number of aryl methyl sites for hydroxylation is 1. The van der Waals surface area contributed by atoms with E-state index in [1.807, 2.05) is 37.3 Å². The first-order chi connectivity index (χ1) is 19.7. The van der Waals surface area contributed by atoms with Gasteiger partial charge in [0.2, 0.25) is 10.0 Å². The van der Waals surface area contributed by atoms with Crippen LogP contribution in [-0.4, -0.2) is 56.1 Å². The lowest BCUT2D eigenvalue weighted by atomic mass is 9.95. The summed E-state index contributed by atoms with van der Waals surface area (Å²) >= 11 is 12.2. The molecule has 0 radical (unpaired) electrons. The number of anilines is 1. The molecule has 5 aromatic rings. The van der Waals surface area contributed by atoms with Crippen molar-refractivity contribution in [3.63, 3.8) is 0 Å². The molecule has 1 aliphatic heterocycles. The monoisotopic (exact) mass is 609 g/mol. The number of hydrogen-bond acceptors (Lipinski definition) is 6. The minimum Gasteiger partial charge on any atom is -0.306 e. The molecule has 3 aromatic heterocycles. The Bertz CT molecular complexity index is 1860. The molecule has 6 rings (SSSR count). The minimum absolute atomic E-state index is 0.0110. The lowest BCUT2D eigenvalue weighted by molar-refractivity contribution is 0.102. The molecule has 1 aliphatic rings. The molecule has 1 amide bonds. The number of carbonyl (C=O) groups excluding carboxylic acids is 1. The third-order valence-electron chi connectivity index (χ3n) is 7.16. The SMILES string of the molecule is Cc1ccc(-n2nc(C3CCN(S(=O)(=O)c4ccc(Cl)cc4Cl)CC3)cc2NC(=O)c2cnn3cccnc23)cc1. The van der Waals surface area contributed by atoms with E-state index in [4.69, 9.17) is 28.3 Å². The van der Waals surface area contributed by atoms with Crippen LogP contribution in [0.25, 0.3) is 11.3 Å². The molecule has 41 heavy (non-hydrogen) atoms. The third-order valence-corrected chi connectivity index (χ3v) is 9.77. The largest absolute Gasteiger partial charge is 0.306 e. The van der Waals surface area contributed by atoms with Crippen molar-refractivity contribution in [3.05, 3.63) is 100 Å². The maximum atomic E-state index is 13.3. The van der Waals surface area contributed by atoms with E-state index in [0.29, 0.717) is 48.0 Å². The van der Waals surface area contributed by atoms with Crippen molar-refractivity contribution < 1.29 is 13.2 Å². The smallest absolute Gasteiger partial charge is 0.262 e. The second-order valence-corrected chi connectivity index (χ2v) is 12.6. The molecule has 4 heterocycles. The Kier molecular flexibility index (Phi) is 7.28. The number of hydrogen-bond donors (Lipinski definition) is 1. The van der Waals surface area contributed by atoms with Gasteiger partial charge in [-0.05, 0) is 56.2 Å². The number of piperidine rings is 1. The number of fused-ring (bicyclic) bond motifs is 1. The van der Waals surface area contributed by atoms with Crippen molar-refractivity contribution in [1.29, 1.82) is 0 Å². The first-order valence-electron chi connectivity index (χ1n) is 12.9. The normalized spacial score (nSPS) is 14.9. The van der Waals surface area contributed by atoms with Gasteiger partial charge in [-0.3, -0.25) is 4.79 Å². The van der Waals surface area contributed by atoms with E-state index in [1.165, 1.54) is 33.2 Å². The standard InChI is InChI=1S/C28H25Cl2N7O3S/c1-18-3-6-21(7-4-18)37-26(33-28(38)22-17-32-36-12-2-11-31-27(22)36)16-24(34-37)19-9-13-35(14-10-19)41(39,40)25-8-5-20(29)15-23(25)30/h2-8,11-12,15-17,19H,9-10,13-14H2,1H3,(H,33,38). The van der Waals surface area contributed by atoms with Gasteiger partial charge in [0.15, 0.2) is 5.65 Å². The second-order valence-electron chi connectivity index (χ2n) is 9.86. The van der Waals surface area contributed by atoms with Gasteiger partial charge < -0.3 is 5.32 Å². The van der Waals surface area contributed by atoms with Crippen LogP contribution < -0.4 is 5.32 Å². The van der Waals surface area contributed by atoms with Crippen LogP contribution in [0.4, 0.5) is 5.82 Å². The van der Waals surface area contributed by atoms with E-state index >= 15 is 0 Å². The zero-order valence-corrected chi connectivity index (χ0v) is 24.2. The van der Waals surface area contributed by atoms with Crippen molar-refractivity contribution in [3.8, 4) is 5.69 Å². The molecule has 0 saturated carbocycles. The summed E-state index contributed by atoms with van der Waals surface area (Å²) in [7, 11) is -3.78.